The van der Waals surface area contributed by atoms with E-state index in [1.54, 1.807) is 0 Å². The van der Waals surface area contributed by atoms with Crippen molar-refractivity contribution in [2.24, 2.45) is 0 Å². The van der Waals surface area contributed by atoms with Crippen molar-refractivity contribution in [3.05, 3.63) is 54.1 Å². The molecule has 0 radical (unpaired) electrons. The summed E-state index contributed by atoms with van der Waals surface area (Å²) in [6.07, 6.45) is 10.1. The summed E-state index contributed by atoms with van der Waals surface area (Å²) in [5.41, 5.74) is 6.49. The number of aromatic nitrogens is 5. The van der Waals surface area contributed by atoms with Crippen LogP contribution in [-0.4, -0.2) is 42.4 Å². The molecule has 0 spiro atoms. The number of amides is 1. The molecule has 2 aliphatic rings. The first kappa shape index (κ1) is 19.2. The minimum absolute atomic E-state index is 0.314. The van der Waals surface area contributed by atoms with Crippen LogP contribution < -0.4 is 0 Å². The Morgan fingerprint density at radius 1 is 1.19 bits per heavy atom. The van der Waals surface area contributed by atoms with E-state index in [0.29, 0.717) is 18.6 Å². The fourth-order valence-electron chi connectivity index (χ4n) is 4.68. The molecular weight excluding hydrogens is 400 g/mol. The van der Waals surface area contributed by atoms with Gasteiger partial charge < -0.3 is 4.90 Å². The average molecular weight is 427 g/mol. The molecule has 1 fully saturated rings. The van der Waals surface area contributed by atoms with Crippen LogP contribution in [0.5, 0.6) is 0 Å². The normalized spacial score (nSPS) is 16.0. The van der Waals surface area contributed by atoms with E-state index in [0.717, 1.165) is 52.7 Å². The topological polar surface area (TPSA) is 68.8 Å². The molecule has 7 nitrogen and oxygen atoms in total. The highest BCUT2D eigenvalue weighted by Gasteiger charge is 2.33. The van der Waals surface area contributed by atoms with Gasteiger partial charge in [-0.1, -0.05) is 18.2 Å². The van der Waals surface area contributed by atoms with Crippen LogP contribution in [0.3, 0.4) is 0 Å². The molecule has 0 unspecified atom stereocenters. The molecule has 4 aromatic rings. The number of fused-ring (bicyclic) bond motifs is 2. The van der Waals surface area contributed by atoms with Gasteiger partial charge in [0.2, 0.25) is 6.41 Å². The zero-order valence-corrected chi connectivity index (χ0v) is 18.4. The van der Waals surface area contributed by atoms with Crippen LogP contribution in [0.1, 0.15) is 50.0 Å². The average Bonchev–Trinajstić information content (AvgIpc) is 3.41. The van der Waals surface area contributed by atoms with Crippen molar-refractivity contribution in [2.45, 2.75) is 51.7 Å². The maximum atomic E-state index is 11.5. The van der Waals surface area contributed by atoms with Crippen molar-refractivity contribution in [2.75, 3.05) is 6.54 Å². The lowest BCUT2D eigenvalue weighted by molar-refractivity contribution is -0.118. The predicted octanol–water partition coefficient (Wildman–Crippen LogP) is 4.39. The number of hydrogen-bond donors (Lipinski definition) is 0. The fourth-order valence-corrected chi connectivity index (χ4v) is 4.68. The Hall–Kier alpha value is -3.48. The molecule has 32 heavy (non-hydrogen) atoms. The van der Waals surface area contributed by atoms with E-state index in [-0.39, 0.29) is 0 Å². The van der Waals surface area contributed by atoms with Crippen LogP contribution in [0.4, 0.5) is 0 Å². The summed E-state index contributed by atoms with van der Waals surface area (Å²) in [7, 11) is 0. The molecule has 162 valence electrons. The van der Waals surface area contributed by atoms with Gasteiger partial charge in [0.25, 0.3) is 0 Å². The summed E-state index contributed by atoms with van der Waals surface area (Å²) in [4.78, 5) is 18.1. The van der Waals surface area contributed by atoms with E-state index >= 15 is 0 Å². The monoisotopic (exact) mass is 426 g/mol. The number of rotatable bonds is 5. The van der Waals surface area contributed by atoms with Gasteiger partial charge in [0, 0.05) is 65.7 Å². The summed E-state index contributed by atoms with van der Waals surface area (Å²) in [5.74, 6) is 0. The van der Waals surface area contributed by atoms with E-state index in [1.807, 2.05) is 28.2 Å². The molecule has 0 bridgehead atoms. The van der Waals surface area contributed by atoms with Gasteiger partial charge in [-0.15, -0.1) is 0 Å². The summed E-state index contributed by atoms with van der Waals surface area (Å²) in [5, 5.41) is 11.7. The number of nitrogens with zero attached hydrogens (tertiary/aromatic N) is 6. The molecule has 1 amide bonds. The zero-order chi connectivity index (χ0) is 21.8. The largest absolute Gasteiger partial charge is 0.340 e. The molecule has 1 aliphatic carbocycles. The molecule has 0 atom stereocenters. The molecule has 1 saturated carbocycles. The Balaban J connectivity index is 1.46. The zero-order valence-electron chi connectivity index (χ0n) is 18.4. The first-order valence-corrected chi connectivity index (χ1v) is 11.4. The molecule has 7 heteroatoms. The molecule has 1 aliphatic heterocycles. The van der Waals surface area contributed by atoms with Crippen molar-refractivity contribution in [1.82, 2.24) is 29.4 Å². The Morgan fingerprint density at radius 2 is 2.06 bits per heavy atom. The van der Waals surface area contributed by atoms with E-state index in [2.05, 4.69) is 47.9 Å². The lowest BCUT2D eigenvalue weighted by Crippen LogP contribution is -2.29. The second-order valence-corrected chi connectivity index (χ2v) is 9.17. The first-order valence-electron chi connectivity index (χ1n) is 11.4. The number of pyridine rings is 1. The Bertz CT molecular complexity index is 1330. The smallest absolute Gasteiger partial charge is 0.210 e. The van der Waals surface area contributed by atoms with E-state index < -0.39 is 0 Å². The van der Waals surface area contributed by atoms with Gasteiger partial charge in [-0.3, -0.25) is 19.1 Å². The standard InChI is InChI=1S/C25H26N6O/c1-16(2)30-13-18(11-27-30)23-10-17-4-3-5-20(21(17)12-26-23)25-22-14-29(15-32)9-8-24(22)31(28-25)19-6-7-19/h3-5,10-13,15-16,19H,6-9,14H2,1-2H3. The number of hydrogen-bond acceptors (Lipinski definition) is 4. The molecule has 1 aromatic carbocycles. The van der Waals surface area contributed by atoms with E-state index in [4.69, 9.17) is 10.1 Å². The van der Waals surface area contributed by atoms with Crippen molar-refractivity contribution in [1.29, 1.82) is 0 Å². The quantitative estimate of drug-likeness (QED) is 0.444. The van der Waals surface area contributed by atoms with Gasteiger partial charge in [-0.25, -0.2) is 0 Å². The van der Waals surface area contributed by atoms with E-state index in [1.165, 1.54) is 24.1 Å². The third-order valence-corrected chi connectivity index (χ3v) is 6.60. The van der Waals surface area contributed by atoms with Gasteiger partial charge in [0.15, 0.2) is 0 Å². The highest BCUT2D eigenvalue weighted by atomic mass is 16.1. The predicted molar refractivity (Wildman–Crippen MR) is 123 cm³/mol. The summed E-state index contributed by atoms with van der Waals surface area (Å²) in [6, 6.07) is 9.29. The van der Waals surface area contributed by atoms with Gasteiger partial charge in [0.05, 0.1) is 23.6 Å². The SMILES string of the molecule is CC(C)n1cc(-c2cc3cccc(-c4nn(C5CC5)c5c4CN(C=O)CC5)c3cn2)cn1. The lowest BCUT2D eigenvalue weighted by atomic mass is 9.97. The van der Waals surface area contributed by atoms with Gasteiger partial charge in [-0.05, 0) is 38.1 Å². The van der Waals surface area contributed by atoms with Gasteiger partial charge in [-0.2, -0.15) is 10.2 Å². The minimum atomic E-state index is 0.314. The van der Waals surface area contributed by atoms with Crippen molar-refractivity contribution in [3.63, 3.8) is 0 Å². The van der Waals surface area contributed by atoms with Gasteiger partial charge >= 0.3 is 0 Å². The van der Waals surface area contributed by atoms with Crippen LogP contribution in [0.25, 0.3) is 33.3 Å². The summed E-state index contributed by atoms with van der Waals surface area (Å²) >= 11 is 0. The summed E-state index contributed by atoms with van der Waals surface area (Å²) < 4.78 is 4.18. The van der Waals surface area contributed by atoms with Crippen LogP contribution in [0.15, 0.2) is 42.9 Å². The first-order chi connectivity index (χ1) is 15.6. The maximum Gasteiger partial charge on any atom is 0.210 e. The number of carbonyl (C=O) groups is 1. The molecule has 3 aromatic heterocycles. The third kappa shape index (κ3) is 3.11. The molecule has 4 heterocycles. The molecule has 6 rings (SSSR count). The van der Waals surface area contributed by atoms with Crippen LogP contribution in [0, 0.1) is 0 Å². The Labute approximate surface area is 186 Å². The Morgan fingerprint density at radius 3 is 2.81 bits per heavy atom. The highest BCUT2D eigenvalue weighted by molar-refractivity contribution is 5.97. The number of benzene rings is 1. The summed E-state index contributed by atoms with van der Waals surface area (Å²) in [6.45, 7) is 5.62. The van der Waals surface area contributed by atoms with Gasteiger partial charge in [0.1, 0.15) is 0 Å². The van der Waals surface area contributed by atoms with Crippen LogP contribution in [-0.2, 0) is 17.8 Å². The highest BCUT2D eigenvalue weighted by Crippen LogP contribution is 2.41. The van der Waals surface area contributed by atoms with Crippen molar-refractivity contribution >= 4 is 17.2 Å². The minimum Gasteiger partial charge on any atom is -0.340 e. The van der Waals surface area contributed by atoms with Crippen molar-refractivity contribution < 1.29 is 4.79 Å². The second kappa shape index (κ2) is 7.29. The maximum absolute atomic E-state index is 11.5. The fraction of sp³-hybridized carbons (Fsp3) is 0.360. The second-order valence-electron chi connectivity index (χ2n) is 9.17. The molecular formula is C25H26N6O. The van der Waals surface area contributed by atoms with E-state index in [9.17, 15) is 4.79 Å². The third-order valence-electron chi connectivity index (χ3n) is 6.60. The van der Waals surface area contributed by atoms with Crippen LogP contribution in [0.2, 0.25) is 0 Å². The van der Waals surface area contributed by atoms with Crippen molar-refractivity contribution in [3.8, 4) is 22.5 Å². The molecule has 0 saturated heterocycles. The lowest BCUT2D eigenvalue weighted by Gasteiger charge is -2.24. The molecule has 0 N–H and O–H groups in total. The van der Waals surface area contributed by atoms with Crippen LogP contribution >= 0.6 is 0 Å². The Kier molecular flexibility index (Phi) is 4.38. The number of carbonyl (C=O) groups excluding carboxylic acids is 1.